The molecule has 1 N–H and O–H groups in total. The van der Waals surface area contributed by atoms with E-state index in [1.165, 1.54) is 40.2 Å². The number of rotatable bonds is 3. The molecule has 0 aliphatic carbocycles. The predicted octanol–water partition coefficient (Wildman–Crippen LogP) is 2.84. The fourth-order valence-electron chi connectivity index (χ4n) is 2.02. The minimum absolute atomic E-state index is 0.0814. The molecule has 0 bridgehead atoms. The average Bonchev–Trinajstić information content (AvgIpc) is 2.94. The van der Waals surface area contributed by atoms with Crippen molar-refractivity contribution in [2.75, 3.05) is 5.32 Å². The van der Waals surface area contributed by atoms with Gasteiger partial charge in [-0.25, -0.2) is 4.39 Å². The van der Waals surface area contributed by atoms with E-state index in [-0.39, 0.29) is 23.8 Å². The highest BCUT2D eigenvalue weighted by atomic mass is 32.1. The number of nitrogens with zero attached hydrogens (tertiary/aromatic N) is 1. The molecular formula is C15H11FN2O2S. The molecule has 4 nitrogen and oxygen atoms in total. The molecule has 2 heterocycles. The third-order valence-corrected chi connectivity index (χ3v) is 3.92. The molecule has 0 spiro atoms. The zero-order chi connectivity index (χ0) is 14.8. The highest BCUT2D eigenvalue weighted by Gasteiger charge is 2.08. The molecule has 0 saturated heterocycles. The van der Waals surface area contributed by atoms with Crippen molar-refractivity contribution in [3.8, 4) is 0 Å². The minimum Gasteiger partial charge on any atom is -0.325 e. The van der Waals surface area contributed by atoms with Crippen molar-refractivity contribution in [3.05, 3.63) is 64.1 Å². The maximum Gasteiger partial charge on any atom is 0.259 e. The van der Waals surface area contributed by atoms with Gasteiger partial charge >= 0.3 is 0 Å². The SMILES string of the molecule is O=C(Cn1ccc2sccc2c1=O)Nc1ccc(F)cc1. The van der Waals surface area contributed by atoms with Crippen molar-refractivity contribution in [2.24, 2.45) is 0 Å². The molecule has 6 heteroatoms. The molecular weight excluding hydrogens is 291 g/mol. The number of fused-ring (bicyclic) bond motifs is 1. The fourth-order valence-corrected chi connectivity index (χ4v) is 2.79. The summed E-state index contributed by atoms with van der Waals surface area (Å²) >= 11 is 1.48. The Morgan fingerprint density at radius 3 is 2.71 bits per heavy atom. The second-order valence-corrected chi connectivity index (χ2v) is 5.45. The molecule has 3 rings (SSSR count). The van der Waals surface area contributed by atoms with Crippen LogP contribution in [0.3, 0.4) is 0 Å². The number of carbonyl (C=O) groups is 1. The summed E-state index contributed by atoms with van der Waals surface area (Å²) in [4.78, 5) is 24.1. The van der Waals surface area contributed by atoms with Crippen molar-refractivity contribution in [3.63, 3.8) is 0 Å². The molecule has 1 amide bonds. The van der Waals surface area contributed by atoms with Crippen LogP contribution < -0.4 is 10.9 Å². The summed E-state index contributed by atoms with van der Waals surface area (Å²) < 4.78 is 15.0. The molecule has 2 aromatic heterocycles. The number of carbonyl (C=O) groups excluding carboxylic acids is 1. The lowest BCUT2D eigenvalue weighted by atomic mass is 10.3. The highest BCUT2D eigenvalue weighted by Crippen LogP contribution is 2.16. The average molecular weight is 302 g/mol. The van der Waals surface area contributed by atoms with E-state index in [1.807, 2.05) is 11.4 Å². The van der Waals surface area contributed by atoms with Gasteiger partial charge in [0, 0.05) is 16.6 Å². The fraction of sp³-hybridized carbons (Fsp3) is 0.0667. The van der Waals surface area contributed by atoms with Crippen LogP contribution in [0.4, 0.5) is 10.1 Å². The number of pyridine rings is 1. The predicted molar refractivity (Wildman–Crippen MR) is 81.1 cm³/mol. The summed E-state index contributed by atoms with van der Waals surface area (Å²) in [6, 6.07) is 9.03. The molecule has 106 valence electrons. The lowest BCUT2D eigenvalue weighted by molar-refractivity contribution is -0.116. The number of thiophene rings is 1. The Morgan fingerprint density at radius 1 is 1.19 bits per heavy atom. The Morgan fingerprint density at radius 2 is 1.95 bits per heavy atom. The van der Waals surface area contributed by atoms with Gasteiger partial charge in [0.05, 0.1) is 5.39 Å². The molecule has 0 fully saturated rings. The normalized spacial score (nSPS) is 10.7. The Bertz CT molecular complexity index is 852. The molecule has 0 aliphatic heterocycles. The number of hydrogen-bond donors (Lipinski definition) is 1. The number of nitrogens with one attached hydrogen (secondary N) is 1. The third kappa shape index (κ3) is 2.85. The zero-order valence-corrected chi connectivity index (χ0v) is 11.7. The molecule has 0 radical (unpaired) electrons. The first-order chi connectivity index (χ1) is 10.1. The summed E-state index contributed by atoms with van der Waals surface area (Å²) in [5.41, 5.74) is 0.300. The monoisotopic (exact) mass is 302 g/mol. The Balaban J connectivity index is 1.78. The summed E-state index contributed by atoms with van der Waals surface area (Å²) in [6.45, 7) is -0.0814. The van der Waals surface area contributed by atoms with Crippen molar-refractivity contribution in [2.45, 2.75) is 6.54 Å². The van der Waals surface area contributed by atoms with Crippen LogP contribution in [0, 0.1) is 5.82 Å². The smallest absolute Gasteiger partial charge is 0.259 e. The summed E-state index contributed by atoms with van der Waals surface area (Å²) in [7, 11) is 0. The molecule has 1 aromatic carbocycles. The summed E-state index contributed by atoms with van der Waals surface area (Å²) in [5, 5.41) is 5.07. The maximum absolute atomic E-state index is 12.8. The first kappa shape index (κ1) is 13.5. The summed E-state index contributed by atoms with van der Waals surface area (Å²) in [5.74, 6) is -0.703. The lowest BCUT2D eigenvalue weighted by Crippen LogP contribution is -2.26. The lowest BCUT2D eigenvalue weighted by Gasteiger charge is -2.07. The van der Waals surface area contributed by atoms with Crippen LogP contribution in [0.25, 0.3) is 10.1 Å². The van der Waals surface area contributed by atoms with Gasteiger partial charge < -0.3 is 9.88 Å². The van der Waals surface area contributed by atoms with Gasteiger partial charge in [-0.3, -0.25) is 9.59 Å². The molecule has 0 saturated carbocycles. The molecule has 21 heavy (non-hydrogen) atoms. The van der Waals surface area contributed by atoms with E-state index < -0.39 is 0 Å². The second kappa shape index (κ2) is 5.49. The van der Waals surface area contributed by atoms with Crippen LogP contribution in [0.5, 0.6) is 0 Å². The van der Waals surface area contributed by atoms with Gasteiger partial charge in [-0.1, -0.05) is 0 Å². The third-order valence-electron chi connectivity index (χ3n) is 3.03. The van der Waals surface area contributed by atoms with E-state index in [4.69, 9.17) is 0 Å². The van der Waals surface area contributed by atoms with Crippen LogP contribution in [-0.4, -0.2) is 10.5 Å². The number of anilines is 1. The Labute approximate surface area is 123 Å². The zero-order valence-electron chi connectivity index (χ0n) is 10.9. The van der Waals surface area contributed by atoms with Gasteiger partial charge in [-0.15, -0.1) is 11.3 Å². The van der Waals surface area contributed by atoms with Crippen LogP contribution >= 0.6 is 11.3 Å². The van der Waals surface area contributed by atoms with Crippen molar-refractivity contribution < 1.29 is 9.18 Å². The van der Waals surface area contributed by atoms with Crippen LogP contribution in [-0.2, 0) is 11.3 Å². The number of amides is 1. The number of hydrogen-bond acceptors (Lipinski definition) is 3. The van der Waals surface area contributed by atoms with Gasteiger partial charge in [0.15, 0.2) is 0 Å². The van der Waals surface area contributed by atoms with Gasteiger partial charge in [0.2, 0.25) is 5.91 Å². The Hall–Kier alpha value is -2.47. The van der Waals surface area contributed by atoms with Gasteiger partial charge in [-0.2, -0.15) is 0 Å². The van der Waals surface area contributed by atoms with Gasteiger partial charge in [0.25, 0.3) is 5.56 Å². The van der Waals surface area contributed by atoms with Crippen molar-refractivity contribution >= 4 is 33.0 Å². The van der Waals surface area contributed by atoms with E-state index in [1.54, 1.807) is 12.3 Å². The number of benzene rings is 1. The molecule has 0 atom stereocenters. The van der Waals surface area contributed by atoms with Crippen molar-refractivity contribution in [1.29, 1.82) is 0 Å². The first-order valence-corrected chi connectivity index (χ1v) is 7.13. The highest BCUT2D eigenvalue weighted by molar-refractivity contribution is 7.17. The van der Waals surface area contributed by atoms with Crippen LogP contribution in [0.2, 0.25) is 0 Å². The van der Waals surface area contributed by atoms with Crippen LogP contribution in [0.15, 0.2) is 52.8 Å². The molecule has 0 aliphatic rings. The summed E-state index contributed by atoms with van der Waals surface area (Å²) in [6.07, 6.45) is 1.60. The largest absolute Gasteiger partial charge is 0.325 e. The quantitative estimate of drug-likeness (QED) is 0.809. The Kier molecular flexibility index (Phi) is 3.53. The second-order valence-electron chi connectivity index (χ2n) is 4.50. The van der Waals surface area contributed by atoms with Gasteiger partial charge in [-0.05, 0) is 41.8 Å². The van der Waals surface area contributed by atoms with Crippen LogP contribution in [0.1, 0.15) is 0 Å². The topological polar surface area (TPSA) is 51.1 Å². The molecule has 3 aromatic rings. The van der Waals surface area contributed by atoms with E-state index in [0.29, 0.717) is 11.1 Å². The number of aromatic nitrogens is 1. The van der Waals surface area contributed by atoms with E-state index in [2.05, 4.69) is 5.32 Å². The van der Waals surface area contributed by atoms with Gasteiger partial charge in [0.1, 0.15) is 12.4 Å². The maximum atomic E-state index is 12.8. The first-order valence-electron chi connectivity index (χ1n) is 6.25. The van der Waals surface area contributed by atoms with E-state index >= 15 is 0 Å². The minimum atomic E-state index is -0.368. The standard InChI is InChI=1S/C15H11FN2O2S/c16-10-1-3-11(4-2-10)17-14(19)9-18-7-5-13-12(15(18)20)6-8-21-13/h1-8H,9H2,(H,17,19). The van der Waals surface area contributed by atoms with E-state index in [0.717, 1.165) is 4.70 Å². The number of halogens is 1. The van der Waals surface area contributed by atoms with Crippen molar-refractivity contribution in [1.82, 2.24) is 4.57 Å². The van der Waals surface area contributed by atoms with E-state index in [9.17, 15) is 14.0 Å². The molecule has 0 unspecified atom stereocenters.